The van der Waals surface area contributed by atoms with Crippen LogP contribution in [0.5, 0.6) is 17.2 Å². The lowest BCUT2D eigenvalue weighted by molar-refractivity contribution is 0.216. The molecule has 0 aliphatic carbocycles. The molecule has 0 atom stereocenters. The monoisotopic (exact) mass is 288 g/mol. The number of rotatable bonds is 7. The van der Waals surface area contributed by atoms with Crippen molar-refractivity contribution in [1.29, 1.82) is 0 Å². The molecule has 2 aromatic rings. The van der Waals surface area contributed by atoms with E-state index in [9.17, 15) is 0 Å². The second-order valence-electron chi connectivity index (χ2n) is 4.32. The van der Waals surface area contributed by atoms with E-state index < -0.39 is 7.12 Å². The maximum atomic E-state index is 8.98. The van der Waals surface area contributed by atoms with Crippen LogP contribution in [0.4, 0.5) is 0 Å². The van der Waals surface area contributed by atoms with Gasteiger partial charge in [0.2, 0.25) is 0 Å². The van der Waals surface area contributed by atoms with Crippen LogP contribution < -0.4 is 19.7 Å². The van der Waals surface area contributed by atoms with Crippen molar-refractivity contribution >= 4 is 12.6 Å². The zero-order chi connectivity index (χ0) is 15.1. The van der Waals surface area contributed by atoms with E-state index in [1.165, 1.54) is 0 Å². The molecule has 0 bridgehead atoms. The number of hydrogen-bond donors (Lipinski definition) is 2. The molecule has 2 N–H and O–H groups in total. The molecule has 0 radical (unpaired) electrons. The molecule has 6 heteroatoms. The molecule has 0 saturated heterocycles. The topological polar surface area (TPSA) is 68.2 Å². The third-order valence-electron chi connectivity index (χ3n) is 2.84. The summed E-state index contributed by atoms with van der Waals surface area (Å²) in [6, 6.07) is 13.9. The fraction of sp³-hybridized carbons (Fsp3) is 0.200. The molecule has 0 amide bonds. The fourth-order valence-corrected chi connectivity index (χ4v) is 1.75. The Morgan fingerprint density at radius 3 is 2.10 bits per heavy atom. The second kappa shape index (κ2) is 7.57. The van der Waals surface area contributed by atoms with Crippen molar-refractivity contribution in [2.24, 2.45) is 0 Å². The first-order valence-electron chi connectivity index (χ1n) is 6.55. The van der Waals surface area contributed by atoms with Gasteiger partial charge in [0.15, 0.2) is 0 Å². The van der Waals surface area contributed by atoms with E-state index in [2.05, 4.69) is 0 Å². The predicted octanol–water partition coefficient (Wildman–Crippen LogP) is 0.833. The molecule has 21 heavy (non-hydrogen) atoms. The Labute approximate surface area is 123 Å². The van der Waals surface area contributed by atoms with Crippen LogP contribution in [-0.4, -0.2) is 37.5 Å². The lowest BCUT2D eigenvalue weighted by Crippen LogP contribution is -2.29. The zero-order valence-electron chi connectivity index (χ0n) is 11.7. The summed E-state index contributed by atoms with van der Waals surface area (Å²) in [5.74, 6) is 2.11. The summed E-state index contributed by atoms with van der Waals surface area (Å²) < 4.78 is 16.2. The average molecular weight is 288 g/mol. The lowest BCUT2D eigenvalue weighted by atomic mass is 9.80. The molecule has 2 rings (SSSR count). The predicted molar refractivity (Wildman–Crippen MR) is 80.3 cm³/mol. The van der Waals surface area contributed by atoms with Crippen LogP contribution in [0.2, 0.25) is 0 Å². The summed E-state index contributed by atoms with van der Waals surface area (Å²) in [7, 11) is 0.144. The first-order chi connectivity index (χ1) is 10.2. The summed E-state index contributed by atoms with van der Waals surface area (Å²) in [5.41, 5.74) is 0.426. The quantitative estimate of drug-likeness (QED) is 0.583. The first kappa shape index (κ1) is 15.2. The number of hydrogen-bond acceptors (Lipinski definition) is 5. The molecule has 2 aromatic carbocycles. The Bertz CT molecular complexity index is 556. The van der Waals surface area contributed by atoms with Gasteiger partial charge in [0.25, 0.3) is 0 Å². The van der Waals surface area contributed by atoms with Gasteiger partial charge in [0, 0.05) is 6.07 Å². The van der Waals surface area contributed by atoms with E-state index in [4.69, 9.17) is 24.3 Å². The maximum Gasteiger partial charge on any atom is 0.488 e. The molecule has 0 aromatic heterocycles. The minimum atomic E-state index is -1.46. The maximum absolute atomic E-state index is 8.98. The molecule has 0 fully saturated rings. The Hall–Kier alpha value is -2.18. The van der Waals surface area contributed by atoms with Crippen molar-refractivity contribution in [1.82, 2.24) is 0 Å². The highest BCUT2D eigenvalue weighted by Crippen LogP contribution is 2.18. The van der Waals surface area contributed by atoms with Gasteiger partial charge in [-0.25, -0.2) is 0 Å². The minimum absolute atomic E-state index is 0.387. The molecule has 0 unspecified atom stereocenters. The van der Waals surface area contributed by atoms with Crippen molar-refractivity contribution in [3.63, 3.8) is 0 Å². The molecule has 0 aliphatic rings. The summed E-state index contributed by atoms with van der Waals surface area (Å²) in [6.45, 7) is 0.787. The highest BCUT2D eigenvalue weighted by atomic mass is 16.5. The van der Waals surface area contributed by atoms with Crippen molar-refractivity contribution in [2.75, 3.05) is 20.3 Å². The lowest BCUT2D eigenvalue weighted by Gasteiger charge is -2.09. The van der Waals surface area contributed by atoms with Crippen molar-refractivity contribution < 1.29 is 24.3 Å². The van der Waals surface area contributed by atoms with Gasteiger partial charge in [-0.2, -0.15) is 0 Å². The Morgan fingerprint density at radius 1 is 0.857 bits per heavy atom. The SMILES string of the molecule is COc1cccc(OCCOc2ccc(B(O)O)cc2)c1. The Morgan fingerprint density at radius 2 is 1.48 bits per heavy atom. The van der Waals surface area contributed by atoms with Gasteiger partial charge >= 0.3 is 7.12 Å². The van der Waals surface area contributed by atoms with Gasteiger partial charge in [0.05, 0.1) is 7.11 Å². The third kappa shape index (κ3) is 4.70. The van der Waals surface area contributed by atoms with Gasteiger partial charge < -0.3 is 24.3 Å². The largest absolute Gasteiger partial charge is 0.497 e. The van der Waals surface area contributed by atoms with Crippen LogP contribution in [0.3, 0.4) is 0 Å². The van der Waals surface area contributed by atoms with Gasteiger partial charge in [-0.1, -0.05) is 18.2 Å². The van der Waals surface area contributed by atoms with Crippen molar-refractivity contribution in [3.8, 4) is 17.2 Å². The van der Waals surface area contributed by atoms with Gasteiger partial charge in [-0.15, -0.1) is 0 Å². The zero-order valence-corrected chi connectivity index (χ0v) is 11.7. The Kier molecular flexibility index (Phi) is 5.48. The van der Waals surface area contributed by atoms with E-state index >= 15 is 0 Å². The van der Waals surface area contributed by atoms with E-state index in [0.29, 0.717) is 24.4 Å². The van der Waals surface area contributed by atoms with Crippen LogP contribution in [0.15, 0.2) is 48.5 Å². The van der Waals surface area contributed by atoms with Crippen molar-refractivity contribution in [2.45, 2.75) is 0 Å². The van der Waals surface area contributed by atoms with Gasteiger partial charge in [0.1, 0.15) is 30.5 Å². The molecule has 0 spiro atoms. The molecular formula is C15H17BO5. The van der Waals surface area contributed by atoms with Crippen LogP contribution in [0, 0.1) is 0 Å². The van der Waals surface area contributed by atoms with Crippen LogP contribution >= 0.6 is 0 Å². The van der Waals surface area contributed by atoms with Gasteiger partial charge in [-0.3, -0.25) is 0 Å². The minimum Gasteiger partial charge on any atom is -0.497 e. The highest BCUT2D eigenvalue weighted by Gasteiger charge is 2.09. The standard InChI is InChI=1S/C15H17BO5/c1-19-14-3-2-4-15(11-14)21-10-9-20-13-7-5-12(6-8-13)16(17)18/h2-8,11,17-18H,9-10H2,1H3. The number of benzene rings is 2. The molecule has 5 nitrogen and oxygen atoms in total. The van der Waals surface area contributed by atoms with E-state index in [1.807, 2.05) is 18.2 Å². The Balaban J connectivity index is 1.76. The van der Waals surface area contributed by atoms with Crippen LogP contribution in [0.25, 0.3) is 0 Å². The molecule has 0 aliphatic heterocycles. The summed E-state index contributed by atoms with van der Waals surface area (Å²) in [6.07, 6.45) is 0. The third-order valence-corrected chi connectivity index (χ3v) is 2.84. The number of methoxy groups -OCH3 is 1. The van der Waals surface area contributed by atoms with E-state index in [-0.39, 0.29) is 0 Å². The molecular weight excluding hydrogens is 271 g/mol. The first-order valence-corrected chi connectivity index (χ1v) is 6.55. The fourth-order valence-electron chi connectivity index (χ4n) is 1.75. The van der Waals surface area contributed by atoms with Crippen molar-refractivity contribution in [3.05, 3.63) is 48.5 Å². The van der Waals surface area contributed by atoms with Gasteiger partial charge in [-0.05, 0) is 29.7 Å². The molecule has 0 saturated carbocycles. The normalized spacial score (nSPS) is 10.0. The van der Waals surface area contributed by atoms with E-state index in [0.717, 1.165) is 11.5 Å². The second-order valence-corrected chi connectivity index (χ2v) is 4.32. The smallest absolute Gasteiger partial charge is 0.488 e. The molecule has 0 heterocycles. The summed E-state index contributed by atoms with van der Waals surface area (Å²) in [5, 5.41) is 18.0. The van der Waals surface area contributed by atoms with Crippen LogP contribution in [0.1, 0.15) is 0 Å². The summed E-state index contributed by atoms with van der Waals surface area (Å²) in [4.78, 5) is 0. The summed E-state index contributed by atoms with van der Waals surface area (Å²) >= 11 is 0. The molecule has 110 valence electrons. The number of ether oxygens (including phenoxy) is 3. The van der Waals surface area contributed by atoms with Crippen LogP contribution in [-0.2, 0) is 0 Å². The average Bonchev–Trinajstić information content (AvgIpc) is 2.52. The highest BCUT2D eigenvalue weighted by molar-refractivity contribution is 6.58. The van der Waals surface area contributed by atoms with E-state index in [1.54, 1.807) is 37.4 Å².